The normalized spacial score (nSPS) is 18.6. The minimum atomic E-state index is -0.596. The van der Waals surface area contributed by atoms with E-state index in [0.717, 1.165) is 18.8 Å². The van der Waals surface area contributed by atoms with Crippen molar-refractivity contribution in [3.05, 3.63) is 30.3 Å². The summed E-state index contributed by atoms with van der Waals surface area (Å²) in [6, 6.07) is 10.3. The lowest BCUT2D eigenvalue weighted by Crippen LogP contribution is -2.51. The van der Waals surface area contributed by atoms with E-state index in [1.807, 2.05) is 41.8 Å². The second kappa shape index (κ2) is 9.76. The highest BCUT2D eigenvalue weighted by Crippen LogP contribution is 2.17. The maximum atomic E-state index is 12.7. The zero-order chi connectivity index (χ0) is 20.8. The molecule has 158 valence electrons. The van der Waals surface area contributed by atoms with Crippen LogP contribution in [0.4, 0.5) is 5.69 Å². The first-order valence-electron chi connectivity index (χ1n) is 10.5. The number of hydrogen-bond donors (Lipinski definition) is 0. The molecule has 2 amide bonds. The van der Waals surface area contributed by atoms with Crippen molar-refractivity contribution in [1.82, 2.24) is 9.80 Å². The Morgan fingerprint density at radius 1 is 0.862 bits per heavy atom. The molecule has 3 rings (SSSR count). The fourth-order valence-corrected chi connectivity index (χ4v) is 3.72. The molecule has 2 saturated heterocycles. The van der Waals surface area contributed by atoms with Gasteiger partial charge in [0.1, 0.15) is 0 Å². The van der Waals surface area contributed by atoms with Gasteiger partial charge in [-0.15, -0.1) is 0 Å². The first-order chi connectivity index (χ1) is 14.0. The van der Waals surface area contributed by atoms with Gasteiger partial charge in [-0.1, -0.05) is 37.2 Å². The fourth-order valence-electron chi connectivity index (χ4n) is 3.72. The van der Waals surface area contributed by atoms with Crippen LogP contribution in [0.3, 0.4) is 0 Å². The maximum Gasteiger partial charge on any atom is 0.266 e. The molecule has 2 aliphatic rings. The first-order valence-corrected chi connectivity index (χ1v) is 10.5. The van der Waals surface area contributed by atoms with Crippen molar-refractivity contribution in [2.75, 3.05) is 44.2 Å². The number of oxime groups is 1. The Morgan fingerprint density at radius 2 is 1.45 bits per heavy atom. The van der Waals surface area contributed by atoms with Crippen LogP contribution in [-0.4, -0.2) is 72.7 Å². The number of amides is 2. The quantitative estimate of drug-likeness (QED) is 0.712. The molecule has 7 nitrogen and oxygen atoms in total. The second-order valence-electron chi connectivity index (χ2n) is 8.03. The Labute approximate surface area is 173 Å². The van der Waals surface area contributed by atoms with Gasteiger partial charge >= 0.3 is 0 Å². The number of hydrogen-bond acceptors (Lipinski definition) is 5. The summed E-state index contributed by atoms with van der Waals surface area (Å²) in [5.74, 6) is 0.183. The fraction of sp³-hybridized carbons (Fsp3) is 0.591. The SMILES string of the molecule is CC(C)C(=O)N1CCC(=NO[C@@H](C)C(=O)N2CCN(c3ccccc3)CC2)CC1. The molecule has 29 heavy (non-hydrogen) atoms. The molecule has 0 spiro atoms. The predicted octanol–water partition coefficient (Wildman–Crippen LogP) is 2.37. The van der Waals surface area contributed by atoms with Crippen LogP contribution in [-0.2, 0) is 14.4 Å². The molecule has 0 N–H and O–H groups in total. The number of nitrogens with zero attached hydrogens (tertiary/aromatic N) is 4. The summed E-state index contributed by atoms with van der Waals surface area (Å²) in [7, 11) is 0. The third-order valence-corrected chi connectivity index (χ3v) is 5.55. The van der Waals surface area contributed by atoms with Crippen LogP contribution in [0.1, 0.15) is 33.6 Å². The number of anilines is 1. The number of piperidine rings is 1. The van der Waals surface area contributed by atoms with Crippen LogP contribution in [0.25, 0.3) is 0 Å². The molecule has 0 unspecified atom stereocenters. The first kappa shape index (κ1) is 21.1. The minimum Gasteiger partial charge on any atom is -0.383 e. The maximum absolute atomic E-state index is 12.7. The van der Waals surface area contributed by atoms with Crippen molar-refractivity contribution >= 4 is 23.2 Å². The van der Waals surface area contributed by atoms with Crippen molar-refractivity contribution in [1.29, 1.82) is 0 Å². The lowest BCUT2D eigenvalue weighted by Gasteiger charge is -2.36. The topological polar surface area (TPSA) is 65.5 Å². The minimum absolute atomic E-state index is 0.0183. The molecule has 1 aromatic rings. The van der Waals surface area contributed by atoms with Crippen LogP contribution in [0.15, 0.2) is 35.5 Å². The van der Waals surface area contributed by atoms with Gasteiger partial charge in [0.15, 0.2) is 0 Å². The molecular formula is C22H32N4O3. The van der Waals surface area contributed by atoms with Gasteiger partial charge in [-0.25, -0.2) is 0 Å². The highest BCUT2D eigenvalue weighted by molar-refractivity contribution is 5.88. The van der Waals surface area contributed by atoms with Crippen LogP contribution in [0.2, 0.25) is 0 Å². The van der Waals surface area contributed by atoms with Gasteiger partial charge in [0.05, 0.1) is 5.71 Å². The molecule has 0 bridgehead atoms. The largest absolute Gasteiger partial charge is 0.383 e. The number of piperazine rings is 1. The molecule has 0 radical (unpaired) electrons. The van der Waals surface area contributed by atoms with Crippen LogP contribution in [0.5, 0.6) is 0 Å². The van der Waals surface area contributed by atoms with Crippen molar-refractivity contribution < 1.29 is 14.4 Å². The van der Waals surface area contributed by atoms with Gasteiger partial charge in [0.25, 0.3) is 5.91 Å². The van der Waals surface area contributed by atoms with Crippen LogP contribution in [0, 0.1) is 5.92 Å². The van der Waals surface area contributed by atoms with Gasteiger partial charge in [0.2, 0.25) is 12.0 Å². The number of carbonyl (C=O) groups is 2. The van der Waals surface area contributed by atoms with Gasteiger partial charge in [-0.3, -0.25) is 9.59 Å². The highest BCUT2D eigenvalue weighted by atomic mass is 16.6. The molecular weight excluding hydrogens is 368 g/mol. The van der Waals surface area contributed by atoms with Crippen LogP contribution < -0.4 is 4.90 Å². The Hall–Kier alpha value is -2.57. The average Bonchev–Trinajstić information content (AvgIpc) is 2.77. The molecule has 0 aliphatic carbocycles. The zero-order valence-electron chi connectivity index (χ0n) is 17.7. The predicted molar refractivity (Wildman–Crippen MR) is 114 cm³/mol. The zero-order valence-corrected chi connectivity index (χ0v) is 17.7. The summed E-state index contributed by atoms with van der Waals surface area (Å²) in [6.45, 7) is 9.94. The number of likely N-dealkylation sites (tertiary alicyclic amines) is 1. The van der Waals surface area contributed by atoms with E-state index in [9.17, 15) is 9.59 Å². The summed E-state index contributed by atoms with van der Waals surface area (Å²) in [5.41, 5.74) is 2.11. The Kier molecular flexibility index (Phi) is 7.12. The molecule has 2 aliphatic heterocycles. The standard InChI is InChI=1S/C22H32N4O3/c1-17(2)21(27)25-11-9-19(10-12-25)23-29-18(3)22(28)26-15-13-24(14-16-26)20-7-5-4-6-8-20/h4-8,17-18H,9-16H2,1-3H3/t18-/m0/s1. The van der Waals surface area contributed by atoms with E-state index in [1.165, 1.54) is 5.69 Å². The van der Waals surface area contributed by atoms with E-state index in [-0.39, 0.29) is 17.7 Å². The summed E-state index contributed by atoms with van der Waals surface area (Å²) in [5, 5.41) is 4.22. The lowest BCUT2D eigenvalue weighted by atomic mass is 10.1. The monoisotopic (exact) mass is 400 g/mol. The Morgan fingerprint density at radius 3 is 2.03 bits per heavy atom. The van der Waals surface area contributed by atoms with Crippen molar-refractivity contribution in [2.45, 2.75) is 39.7 Å². The molecule has 2 fully saturated rings. The lowest BCUT2D eigenvalue weighted by molar-refractivity contribution is -0.142. The van der Waals surface area contributed by atoms with Crippen molar-refractivity contribution in [3.8, 4) is 0 Å². The molecule has 0 saturated carbocycles. The molecule has 0 aromatic heterocycles. The van der Waals surface area contributed by atoms with Crippen molar-refractivity contribution in [2.24, 2.45) is 11.1 Å². The second-order valence-corrected chi connectivity index (χ2v) is 8.03. The number of benzene rings is 1. The molecule has 1 atom stereocenters. The van der Waals surface area contributed by atoms with Gasteiger partial charge < -0.3 is 19.5 Å². The van der Waals surface area contributed by atoms with E-state index in [0.29, 0.717) is 39.0 Å². The smallest absolute Gasteiger partial charge is 0.266 e. The number of rotatable bonds is 5. The Balaban J connectivity index is 1.43. The Bertz CT molecular complexity index is 717. The third-order valence-electron chi connectivity index (χ3n) is 5.55. The molecule has 1 aromatic carbocycles. The number of carbonyl (C=O) groups excluding carboxylic acids is 2. The van der Waals surface area contributed by atoms with E-state index in [4.69, 9.17) is 4.84 Å². The van der Waals surface area contributed by atoms with E-state index < -0.39 is 6.10 Å². The van der Waals surface area contributed by atoms with E-state index >= 15 is 0 Å². The van der Waals surface area contributed by atoms with Gasteiger partial charge in [-0.2, -0.15) is 0 Å². The average molecular weight is 401 g/mol. The third kappa shape index (κ3) is 5.49. The van der Waals surface area contributed by atoms with Gasteiger partial charge in [0, 0.05) is 63.7 Å². The summed E-state index contributed by atoms with van der Waals surface area (Å²) < 4.78 is 0. The van der Waals surface area contributed by atoms with Crippen LogP contribution >= 0.6 is 0 Å². The molecule has 7 heteroatoms. The van der Waals surface area contributed by atoms with Gasteiger partial charge in [-0.05, 0) is 19.1 Å². The highest BCUT2D eigenvalue weighted by Gasteiger charge is 2.27. The summed E-state index contributed by atoms with van der Waals surface area (Å²) in [6.07, 6.45) is 0.811. The van der Waals surface area contributed by atoms with E-state index in [2.05, 4.69) is 22.2 Å². The number of para-hydroxylation sites is 1. The summed E-state index contributed by atoms with van der Waals surface area (Å²) in [4.78, 5) is 36.3. The van der Waals surface area contributed by atoms with E-state index in [1.54, 1.807) is 6.92 Å². The molecule has 2 heterocycles. The van der Waals surface area contributed by atoms with Crippen molar-refractivity contribution in [3.63, 3.8) is 0 Å². The summed E-state index contributed by atoms with van der Waals surface area (Å²) >= 11 is 0.